The van der Waals surface area contributed by atoms with Crippen LogP contribution in [-0.4, -0.2) is 45.1 Å². The number of benzene rings is 1. The van der Waals surface area contributed by atoms with Crippen molar-refractivity contribution in [1.82, 2.24) is 20.0 Å². The fraction of sp³-hybridized carbons (Fsp3) is 0.364. The topological polar surface area (TPSA) is 81.4 Å². The molecule has 1 unspecified atom stereocenters. The molecule has 2 aromatic heterocycles. The minimum Gasteiger partial charge on any atom is -0.472 e. The summed E-state index contributed by atoms with van der Waals surface area (Å²) in [6, 6.07) is 9.11. The summed E-state index contributed by atoms with van der Waals surface area (Å²) in [7, 11) is 0. The Hall–Kier alpha value is -2.93. The molecule has 1 aliphatic rings. The van der Waals surface area contributed by atoms with E-state index in [9.17, 15) is 4.79 Å². The highest BCUT2D eigenvalue weighted by Gasteiger charge is 2.31. The molecule has 8 heteroatoms. The van der Waals surface area contributed by atoms with Gasteiger partial charge in [0.2, 0.25) is 5.88 Å². The predicted octanol–water partition coefficient (Wildman–Crippen LogP) is 4.39. The highest BCUT2D eigenvalue weighted by atomic mass is 35.5. The van der Waals surface area contributed by atoms with Crippen LogP contribution in [0.2, 0.25) is 5.02 Å². The third kappa shape index (κ3) is 4.16. The van der Waals surface area contributed by atoms with Crippen LogP contribution >= 0.6 is 11.6 Å². The molecule has 3 heterocycles. The average molecular weight is 427 g/mol. The fourth-order valence-corrected chi connectivity index (χ4v) is 3.98. The van der Waals surface area contributed by atoms with Crippen LogP contribution in [0.1, 0.15) is 40.5 Å². The third-order valence-corrected chi connectivity index (χ3v) is 5.43. The molecule has 1 saturated heterocycles. The first-order valence-corrected chi connectivity index (χ1v) is 10.3. The Morgan fingerprint density at radius 2 is 2.03 bits per heavy atom. The molecule has 156 valence electrons. The highest BCUT2D eigenvalue weighted by Crippen LogP contribution is 2.32. The second-order valence-corrected chi connectivity index (χ2v) is 7.88. The van der Waals surface area contributed by atoms with E-state index in [4.69, 9.17) is 20.9 Å². The van der Waals surface area contributed by atoms with Crippen LogP contribution in [0.4, 0.5) is 0 Å². The van der Waals surface area contributed by atoms with Crippen molar-refractivity contribution in [2.75, 3.05) is 13.1 Å². The van der Waals surface area contributed by atoms with Gasteiger partial charge >= 0.3 is 0 Å². The van der Waals surface area contributed by atoms with Crippen molar-refractivity contribution in [3.8, 4) is 17.1 Å². The number of carbonyl (C=O) groups excluding carboxylic acids is 1. The van der Waals surface area contributed by atoms with E-state index in [1.165, 1.54) is 0 Å². The van der Waals surface area contributed by atoms with E-state index in [1.54, 1.807) is 17.9 Å². The summed E-state index contributed by atoms with van der Waals surface area (Å²) in [5.41, 5.74) is 2.44. The van der Waals surface area contributed by atoms with Gasteiger partial charge in [0.15, 0.2) is 0 Å². The van der Waals surface area contributed by atoms with Gasteiger partial charge in [0.05, 0.1) is 11.6 Å². The lowest BCUT2D eigenvalue weighted by molar-refractivity contribution is 0.0526. The largest absolute Gasteiger partial charge is 0.472 e. The fourth-order valence-electron chi connectivity index (χ4n) is 3.75. The van der Waals surface area contributed by atoms with E-state index in [1.807, 2.05) is 38.1 Å². The number of likely N-dealkylation sites (tertiary alicyclic amines) is 1. The molecule has 0 spiro atoms. The molecule has 1 atom stereocenters. The maximum Gasteiger partial charge on any atom is 0.259 e. The van der Waals surface area contributed by atoms with E-state index < -0.39 is 0 Å². The number of hydrogen-bond acceptors (Lipinski definition) is 6. The quantitative estimate of drug-likeness (QED) is 0.615. The Labute approximate surface area is 180 Å². The van der Waals surface area contributed by atoms with Gasteiger partial charge in [-0.05, 0) is 39.7 Å². The molecule has 1 aromatic carbocycles. The van der Waals surface area contributed by atoms with Crippen LogP contribution in [0.15, 0.2) is 34.9 Å². The number of halogens is 1. The van der Waals surface area contributed by atoms with Gasteiger partial charge in [-0.15, -0.1) is 0 Å². The molecule has 0 bridgehead atoms. The SMILES string of the molecule is Cc1cc(OC2CCCN(C(=O)c3c(-c4ccccc4Cl)noc3C)C2)nc(C)n1. The van der Waals surface area contributed by atoms with E-state index >= 15 is 0 Å². The summed E-state index contributed by atoms with van der Waals surface area (Å²) in [6.45, 7) is 6.59. The van der Waals surface area contributed by atoms with Crippen molar-refractivity contribution < 1.29 is 14.1 Å². The maximum absolute atomic E-state index is 13.4. The normalized spacial score (nSPS) is 16.5. The van der Waals surface area contributed by atoms with Crippen molar-refractivity contribution >= 4 is 17.5 Å². The first kappa shape index (κ1) is 20.3. The Kier molecular flexibility index (Phi) is 5.72. The van der Waals surface area contributed by atoms with Gasteiger partial charge in [-0.2, -0.15) is 4.98 Å². The number of rotatable bonds is 4. The molecule has 4 rings (SSSR count). The zero-order valence-electron chi connectivity index (χ0n) is 17.2. The van der Waals surface area contributed by atoms with Crippen molar-refractivity contribution in [2.45, 2.75) is 39.7 Å². The predicted molar refractivity (Wildman–Crippen MR) is 113 cm³/mol. The highest BCUT2D eigenvalue weighted by molar-refractivity contribution is 6.33. The number of hydrogen-bond donors (Lipinski definition) is 0. The Balaban J connectivity index is 1.55. The minimum absolute atomic E-state index is 0.132. The maximum atomic E-state index is 13.4. The van der Waals surface area contributed by atoms with Gasteiger partial charge in [-0.1, -0.05) is 35.0 Å². The Morgan fingerprint density at radius 3 is 2.80 bits per heavy atom. The Morgan fingerprint density at radius 1 is 1.23 bits per heavy atom. The van der Waals surface area contributed by atoms with Crippen LogP contribution in [0, 0.1) is 20.8 Å². The second-order valence-electron chi connectivity index (χ2n) is 7.47. The first-order chi connectivity index (χ1) is 14.4. The number of amides is 1. The van der Waals surface area contributed by atoms with Crippen molar-refractivity contribution in [1.29, 1.82) is 0 Å². The molecule has 0 aliphatic carbocycles. The summed E-state index contributed by atoms with van der Waals surface area (Å²) in [5.74, 6) is 1.54. The molecule has 1 aliphatic heterocycles. The minimum atomic E-state index is -0.139. The van der Waals surface area contributed by atoms with E-state index in [-0.39, 0.29) is 12.0 Å². The molecule has 0 radical (unpaired) electrons. The van der Waals surface area contributed by atoms with Gasteiger partial charge in [0, 0.05) is 23.9 Å². The molecule has 1 fully saturated rings. The molecular formula is C22H23ClN4O3. The van der Waals surface area contributed by atoms with Crippen LogP contribution < -0.4 is 4.74 Å². The van der Waals surface area contributed by atoms with Gasteiger partial charge in [-0.25, -0.2) is 4.98 Å². The van der Waals surface area contributed by atoms with Crippen LogP contribution in [0.3, 0.4) is 0 Å². The lowest BCUT2D eigenvalue weighted by atomic mass is 10.0. The van der Waals surface area contributed by atoms with Crippen molar-refractivity contribution in [3.05, 3.63) is 58.2 Å². The van der Waals surface area contributed by atoms with Crippen LogP contribution in [-0.2, 0) is 0 Å². The molecule has 0 N–H and O–H groups in total. The van der Waals surface area contributed by atoms with E-state index in [0.717, 1.165) is 18.5 Å². The zero-order valence-corrected chi connectivity index (χ0v) is 17.9. The van der Waals surface area contributed by atoms with E-state index in [0.29, 0.717) is 52.4 Å². The number of aromatic nitrogens is 3. The molecule has 3 aromatic rings. The lowest BCUT2D eigenvalue weighted by Gasteiger charge is -2.32. The van der Waals surface area contributed by atoms with Crippen LogP contribution in [0.5, 0.6) is 5.88 Å². The number of carbonyl (C=O) groups is 1. The summed E-state index contributed by atoms with van der Waals surface area (Å²) < 4.78 is 11.4. The number of ether oxygens (including phenoxy) is 1. The molecule has 30 heavy (non-hydrogen) atoms. The molecular weight excluding hydrogens is 404 g/mol. The summed E-state index contributed by atoms with van der Waals surface area (Å²) in [5, 5.41) is 4.64. The number of piperidine rings is 1. The number of nitrogens with zero attached hydrogens (tertiary/aromatic N) is 4. The van der Waals surface area contributed by atoms with Crippen molar-refractivity contribution in [2.24, 2.45) is 0 Å². The molecule has 7 nitrogen and oxygen atoms in total. The molecule has 1 amide bonds. The second kappa shape index (κ2) is 8.44. The number of aryl methyl sites for hydroxylation is 3. The van der Waals surface area contributed by atoms with Crippen molar-refractivity contribution in [3.63, 3.8) is 0 Å². The Bertz CT molecular complexity index is 1060. The summed E-state index contributed by atoms with van der Waals surface area (Å²) >= 11 is 6.33. The summed E-state index contributed by atoms with van der Waals surface area (Å²) in [4.78, 5) is 23.8. The van der Waals surface area contributed by atoms with Gasteiger partial charge < -0.3 is 14.2 Å². The first-order valence-electron chi connectivity index (χ1n) is 9.91. The average Bonchev–Trinajstić information content (AvgIpc) is 3.08. The monoisotopic (exact) mass is 426 g/mol. The van der Waals surface area contributed by atoms with Gasteiger partial charge in [0.25, 0.3) is 5.91 Å². The summed E-state index contributed by atoms with van der Waals surface area (Å²) in [6.07, 6.45) is 1.55. The standard InChI is InChI=1S/C22H23ClN4O3/c1-13-11-19(25-15(3)24-13)29-16-7-6-10-27(12-16)22(28)20-14(2)30-26-21(20)17-8-4-5-9-18(17)23/h4-5,8-9,11,16H,6-7,10,12H2,1-3H3. The van der Waals surface area contributed by atoms with Crippen LogP contribution in [0.25, 0.3) is 11.3 Å². The molecule has 0 saturated carbocycles. The smallest absolute Gasteiger partial charge is 0.259 e. The van der Waals surface area contributed by atoms with Gasteiger partial charge in [-0.3, -0.25) is 4.79 Å². The lowest BCUT2D eigenvalue weighted by Crippen LogP contribution is -2.44. The zero-order chi connectivity index (χ0) is 21.3. The van der Waals surface area contributed by atoms with Gasteiger partial charge in [0.1, 0.15) is 28.9 Å². The van der Waals surface area contributed by atoms with E-state index in [2.05, 4.69) is 15.1 Å². The third-order valence-electron chi connectivity index (χ3n) is 5.10.